The smallest absolute Gasteiger partial charge is 0.295 e. The van der Waals surface area contributed by atoms with E-state index in [1.807, 2.05) is 24.3 Å². The van der Waals surface area contributed by atoms with Gasteiger partial charge in [-0.05, 0) is 47.0 Å². The van der Waals surface area contributed by atoms with E-state index in [0.717, 1.165) is 28.5 Å². The van der Waals surface area contributed by atoms with Crippen molar-refractivity contribution in [2.75, 3.05) is 0 Å². The van der Waals surface area contributed by atoms with E-state index in [4.69, 9.17) is 0 Å². The molecule has 0 fully saturated rings. The van der Waals surface area contributed by atoms with Gasteiger partial charge in [0, 0.05) is 5.56 Å². The van der Waals surface area contributed by atoms with Crippen molar-refractivity contribution in [1.29, 1.82) is 0 Å². The Bertz CT molecular complexity index is 877. The molecule has 0 saturated carbocycles. The van der Waals surface area contributed by atoms with Crippen LogP contribution in [0.4, 0.5) is 13.2 Å². The van der Waals surface area contributed by atoms with Crippen LogP contribution in [-0.2, 0) is 6.18 Å². The van der Waals surface area contributed by atoms with Crippen molar-refractivity contribution < 1.29 is 18.0 Å². The lowest BCUT2D eigenvalue weighted by molar-refractivity contribution is -0.137. The van der Waals surface area contributed by atoms with Gasteiger partial charge in [-0.1, -0.05) is 42.5 Å². The molecule has 0 aliphatic carbocycles. The quantitative estimate of drug-likeness (QED) is 0.552. The van der Waals surface area contributed by atoms with E-state index in [2.05, 4.69) is 0 Å². The van der Waals surface area contributed by atoms with Crippen molar-refractivity contribution >= 4 is 16.6 Å². The minimum absolute atomic E-state index is 0.0215. The zero-order chi connectivity index (χ0) is 16.6. The van der Waals surface area contributed by atoms with Crippen LogP contribution in [-0.4, -0.2) is 5.78 Å². The zero-order valence-electron chi connectivity index (χ0n) is 12.3. The first-order valence-corrected chi connectivity index (χ1v) is 7.07. The van der Waals surface area contributed by atoms with E-state index in [0.29, 0.717) is 11.1 Å². The number of hydrogen-bond acceptors (Lipinski definition) is 1. The maximum atomic E-state index is 12.7. The SMILES string of the molecule is CC(=O)c1ccc2c(-c3ccc(C(F)(F)F)cc3)cccc2c1. The van der Waals surface area contributed by atoms with Crippen LogP contribution in [0.3, 0.4) is 0 Å². The molecule has 0 saturated heterocycles. The normalized spacial score (nSPS) is 11.7. The molecular weight excluding hydrogens is 301 g/mol. The highest BCUT2D eigenvalue weighted by Crippen LogP contribution is 2.33. The van der Waals surface area contributed by atoms with Gasteiger partial charge in [0.2, 0.25) is 0 Å². The van der Waals surface area contributed by atoms with Gasteiger partial charge >= 0.3 is 6.18 Å². The molecule has 23 heavy (non-hydrogen) atoms. The summed E-state index contributed by atoms with van der Waals surface area (Å²) in [6, 6.07) is 16.0. The molecule has 0 N–H and O–H groups in total. The maximum absolute atomic E-state index is 12.7. The second kappa shape index (κ2) is 5.54. The molecule has 0 bridgehead atoms. The summed E-state index contributed by atoms with van der Waals surface area (Å²) in [6.07, 6.45) is -4.34. The minimum atomic E-state index is -4.34. The average Bonchev–Trinajstić information content (AvgIpc) is 2.53. The Labute approximate surface area is 131 Å². The number of carbonyl (C=O) groups is 1. The number of fused-ring (bicyclic) bond motifs is 1. The standard InChI is InChI=1S/C19H13F3O/c1-12(23)14-7-10-18-15(11-14)3-2-4-17(18)13-5-8-16(9-6-13)19(20,21)22/h2-11H,1H3. The fraction of sp³-hybridized carbons (Fsp3) is 0.105. The molecule has 0 radical (unpaired) electrons. The van der Waals surface area contributed by atoms with Crippen molar-refractivity contribution in [3.8, 4) is 11.1 Å². The van der Waals surface area contributed by atoms with Gasteiger partial charge in [0.25, 0.3) is 0 Å². The first-order chi connectivity index (χ1) is 10.9. The van der Waals surface area contributed by atoms with Crippen LogP contribution in [0.25, 0.3) is 21.9 Å². The van der Waals surface area contributed by atoms with Crippen LogP contribution in [0.1, 0.15) is 22.8 Å². The molecule has 0 aliphatic rings. The van der Waals surface area contributed by atoms with Gasteiger partial charge in [-0.3, -0.25) is 4.79 Å². The number of ketones is 1. The molecule has 0 amide bonds. The molecule has 0 aliphatic heterocycles. The minimum Gasteiger partial charge on any atom is -0.295 e. The molecule has 3 aromatic carbocycles. The van der Waals surface area contributed by atoms with E-state index in [1.165, 1.54) is 19.1 Å². The van der Waals surface area contributed by atoms with E-state index >= 15 is 0 Å². The van der Waals surface area contributed by atoms with Gasteiger partial charge in [0.15, 0.2) is 5.78 Å². The summed E-state index contributed by atoms with van der Waals surface area (Å²) in [6.45, 7) is 1.50. The second-order valence-corrected chi connectivity index (χ2v) is 5.37. The van der Waals surface area contributed by atoms with Gasteiger partial charge in [-0.15, -0.1) is 0 Å². The summed E-state index contributed by atoms with van der Waals surface area (Å²) >= 11 is 0. The summed E-state index contributed by atoms with van der Waals surface area (Å²) in [5, 5.41) is 1.78. The number of Topliss-reactive ketones (excluding diaryl/α,β-unsaturated/α-hetero) is 1. The van der Waals surface area contributed by atoms with Gasteiger partial charge in [-0.25, -0.2) is 0 Å². The Morgan fingerprint density at radius 2 is 1.61 bits per heavy atom. The molecule has 1 nitrogen and oxygen atoms in total. The monoisotopic (exact) mass is 314 g/mol. The van der Waals surface area contributed by atoms with E-state index in [9.17, 15) is 18.0 Å². The van der Waals surface area contributed by atoms with Crippen molar-refractivity contribution in [2.24, 2.45) is 0 Å². The molecule has 116 valence electrons. The Morgan fingerprint density at radius 3 is 2.22 bits per heavy atom. The topological polar surface area (TPSA) is 17.1 Å². The molecule has 0 heterocycles. The summed E-state index contributed by atoms with van der Waals surface area (Å²) < 4.78 is 38.0. The molecule has 0 unspecified atom stereocenters. The number of halogens is 3. The first-order valence-electron chi connectivity index (χ1n) is 7.07. The third-order valence-electron chi connectivity index (χ3n) is 3.81. The second-order valence-electron chi connectivity index (χ2n) is 5.37. The highest BCUT2D eigenvalue weighted by atomic mass is 19.4. The van der Waals surface area contributed by atoms with Crippen LogP contribution in [0.5, 0.6) is 0 Å². The molecule has 0 atom stereocenters. The third-order valence-corrected chi connectivity index (χ3v) is 3.81. The summed E-state index contributed by atoms with van der Waals surface area (Å²) in [5.41, 5.74) is 1.49. The average molecular weight is 314 g/mol. The van der Waals surface area contributed by atoms with Crippen molar-refractivity contribution in [3.63, 3.8) is 0 Å². The number of hydrogen-bond donors (Lipinski definition) is 0. The number of rotatable bonds is 2. The van der Waals surface area contributed by atoms with Gasteiger partial charge < -0.3 is 0 Å². The lowest BCUT2D eigenvalue weighted by Gasteiger charge is -2.10. The van der Waals surface area contributed by atoms with E-state index in [-0.39, 0.29) is 5.78 Å². The van der Waals surface area contributed by atoms with Crippen LogP contribution >= 0.6 is 0 Å². The highest BCUT2D eigenvalue weighted by Gasteiger charge is 2.30. The fourth-order valence-corrected chi connectivity index (χ4v) is 2.59. The van der Waals surface area contributed by atoms with Crippen LogP contribution < -0.4 is 0 Å². The number of carbonyl (C=O) groups excluding carboxylic acids is 1. The molecule has 3 rings (SSSR count). The van der Waals surface area contributed by atoms with Crippen molar-refractivity contribution in [1.82, 2.24) is 0 Å². The molecular formula is C19H13F3O. The summed E-state index contributed by atoms with van der Waals surface area (Å²) in [4.78, 5) is 11.5. The number of alkyl halides is 3. The van der Waals surface area contributed by atoms with Gasteiger partial charge in [0.1, 0.15) is 0 Å². The van der Waals surface area contributed by atoms with Crippen LogP contribution in [0, 0.1) is 0 Å². The lowest BCUT2D eigenvalue weighted by atomic mass is 9.96. The van der Waals surface area contributed by atoms with Gasteiger partial charge in [0.05, 0.1) is 5.56 Å². The summed E-state index contributed by atoms with van der Waals surface area (Å²) in [5.74, 6) is -0.0215. The third kappa shape index (κ3) is 2.97. The van der Waals surface area contributed by atoms with Crippen LogP contribution in [0.2, 0.25) is 0 Å². The number of benzene rings is 3. The highest BCUT2D eigenvalue weighted by molar-refractivity contribution is 6.02. The molecule has 0 aromatic heterocycles. The maximum Gasteiger partial charge on any atom is 0.416 e. The summed E-state index contributed by atoms with van der Waals surface area (Å²) in [7, 11) is 0. The first kappa shape index (κ1) is 15.3. The fourth-order valence-electron chi connectivity index (χ4n) is 2.59. The Balaban J connectivity index is 2.11. The Hall–Kier alpha value is -2.62. The predicted octanol–water partition coefficient (Wildman–Crippen LogP) is 5.73. The molecule has 4 heteroatoms. The molecule has 3 aromatic rings. The lowest BCUT2D eigenvalue weighted by Crippen LogP contribution is -2.04. The largest absolute Gasteiger partial charge is 0.416 e. The molecule has 0 spiro atoms. The van der Waals surface area contributed by atoms with Crippen molar-refractivity contribution in [2.45, 2.75) is 13.1 Å². The van der Waals surface area contributed by atoms with Crippen molar-refractivity contribution in [3.05, 3.63) is 71.8 Å². The zero-order valence-corrected chi connectivity index (χ0v) is 12.3. The predicted molar refractivity (Wildman–Crippen MR) is 84.4 cm³/mol. The Kier molecular flexibility index (Phi) is 3.68. The van der Waals surface area contributed by atoms with E-state index < -0.39 is 11.7 Å². The van der Waals surface area contributed by atoms with Crippen LogP contribution in [0.15, 0.2) is 60.7 Å². The Morgan fingerprint density at radius 1 is 0.913 bits per heavy atom. The van der Waals surface area contributed by atoms with Gasteiger partial charge in [-0.2, -0.15) is 13.2 Å². The van der Waals surface area contributed by atoms with E-state index in [1.54, 1.807) is 12.1 Å².